The van der Waals surface area contributed by atoms with Gasteiger partial charge < -0.3 is 9.47 Å². The normalized spacial score (nSPS) is 12.1. The van der Waals surface area contributed by atoms with Crippen LogP contribution >= 0.6 is 11.8 Å². The molecule has 0 fully saturated rings. The van der Waals surface area contributed by atoms with E-state index < -0.39 is 6.04 Å². The van der Waals surface area contributed by atoms with Crippen LogP contribution in [0.4, 0.5) is 4.39 Å². The molecule has 0 radical (unpaired) electrons. The predicted molar refractivity (Wildman–Crippen MR) is 97.4 cm³/mol. The van der Waals surface area contributed by atoms with Gasteiger partial charge in [0.05, 0.1) is 14.2 Å². The van der Waals surface area contributed by atoms with Crippen LogP contribution in [0.5, 0.6) is 5.75 Å². The Morgan fingerprint density at radius 1 is 1.20 bits per heavy atom. The maximum Gasteiger partial charge on any atom is 0.327 e. The fourth-order valence-electron chi connectivity index (χ4n) is 2.69. The minimum Gasteiger partial charge on any atom is -0.496 e. The zero-order valence-electron chi connectivity index (χ0n) is 14.8. The Kier molecular flexibility index (Phi) is 6.84. The molecule has 2 rings (SSSR count). The van der Waals surface area contributed by atoms with Gasteiger partial charge in [-0.1, -0.05) is 18.2 Å². The maximum atomic E-state index is 13.2. The van der Waals surface area contributed by atoms with Gasteiger partial charge in [-0.15, -0.1) is 11.8 Å². The van der Waals surface area contributed by atoms with E-state index in [1.165, 1.54) is 19.2 Å². The Bertz CT molecular complexity index is 721. The van der Waals surface area contributed by atoms with Crippen molar-refractivity contribution in [3.8, 4) is 5.75 Å². The second-order valence-corrected chi connectivity index (χ2v) is 6.43. The number of hydrogen-bond donors (Lipinski definition) is 0. The van der Waals surface area contributed by atoms with Crippen molar-refractivity contribution in [1.82, 2.24) is 4.90 Å². The molecule has 0 aliphatic carbocycles. The van der Waals surface area contributed by atoms with Crippen molar-refractivity contribution in [3.63, 3.8) is 0 Å². The van der Waals surface area contributed by atoms with Gasteiger partial charge in [-0.25, -0.2) is 9.18 Å². The Morgan fingerprint density at radius 2 is 1.88 bits per heavy atom. The van der Waals surface area contributed by atoms with Crippen LogP contribution in [-0.4, -0.2) is 38.4 Å². The Morgan fingerprint density at radius 3 is 2.44 bits per heavy atom. The molecule has 0 heterocycles. The van der Waals surface area contributed by atoms with Crippen molar-refractivity contribution < 1.29 is 18.7 Å². The molecule has 6 heteroatoms. The molecule has 0 spiro atoms. The number of halogens is 1. The largest absolute Gasteiger partial charge is 0.496 e. The Hall–Kier alpha value is -2.05. The van der Waals surface area contributed by atoms with Crippen LogP contribution in [0.2, 0.25) is 0 Å². The summed E-state index contributed by atoms with van der Waals surface area (Å²) in [6, 6.07) is 11.2. The van der Waals surface area contributed by atoms with Crippen molar-refractivity contribution in [3.05, 3.63) is 59.4 Å². The average Bonchev–Trinajstić information content (AvgIpc) is 2.63. The molecule has 0 saturated heterocycles. The molecule has 0 aliphatic heterocycles. The van der Waals surface area contributed by atoms with Crippen LogP contribution in [0.3, 0.4) is 0 Å². The second-order valence-electron chi connectivity index (χ2n) is 5.58. The van der Waals surface area contributed by atoms with Gasteiger partial charge in [0.25, 0.3) is 0 Å². The molecule has 4 nitrogen and oxygen atoms in total. The summed E-state index contributed by atoms with van der Waals surface area (Å²) in [6.07, 6.45) is 1.99. The number of esters is 1. The van der Waals surface area contributed by atoms with Crippen LogP contribution < -0.4 is 4.74 Å². The first-order valence-corrected chi connectivity index (χ1v) is 8.97. The van der Waals surface area contributed by atoms with E-state index >= 15 is 0 Å². The maximum absolute atomic E-state index is 13.2. The molecule has 0 unspecified atom stereocenters. The number of carbonyl (C=O) groups is 1. The summed E-state index contributed by atoms with van der Waals surface area (Å²) in [7, 11) is 4.82. The minimum absolute atomic E-state index is 0.340. The number of carbonyl (C=O) groups excluding carboxylic acids is 1. The van der Waals surface area contributed by atoms with E-state index in [0.717, 1.165) is 16.2 Å². The summed E-state index contributed by atoms with van der Waals surface area (Å²) in [5, 5.41) is 0. The SMILES string of the molecule is COC(=O)[C@H](c1ccc(F)cc1)N(C)Cc1ccc(SC)c(OC)c1. The summed E-state index contributed by atoms with van der Waals surface area (Å²) in [5.74, 6) is 0.0732. The van der Waals surface area contributed by atoms with E-state index in [9.17, 15) is 9.18 Å². The molecule has 1 atom stereocenters. The fraction of sp³-hybridized carbons (Fsp3) is 0.316. The van der Waals surface area contributed by atoms with Gasteiger partial charge >= 0.3 is 5.97 Å². The molecule has 2 aromatic rings. The molecule has 0 N–H and O–H groups in total. The Labute approximate surface area is 151 Å². The highest BCUT2D eigenvalue weighted by Gasteiger charge is 2.26. The van der Waals surface area contributed by atoms with Crippen molar-refractivity contribution >= 4 is 17.7 Å². The smallest absolute Gasteiger partial charge is 0.327 e. The summed E-state index contributed by atoms with van der Waals surface area (Å²) in [5.41, 5.74) is 1.69. The van der Waals surface area contributed by atoms with E-state index in [2.05, 4.69) is 0 Å². The summed E-state index contributed by atoms with van der Waals surface area (Å²) in [4.78, 5) is 15.2. The summed E-state index contributed by atoms with van der Waals surface area (Å²) in [6.45, 7) is 0.516. The second kappa shape index (κ2) is 8.87. The predicted octanol–water partition coefficient (Wildman–Crippen LogP) is 3.90. The highest BCUT2D eigenvalue weighted by atomic mass is 32.2. The molecule has 2 aromatic carbocycles. The van der Waals surface area contributed by atoms with Crippen LogP contribution in [0, 0.1) is 5.82 Å². The lowest BCUT2D eigenvalue weighted by atomic mass is 10.0. The zero-order chi connectivity index (χ0) is 18.4. The standard InChI is InChI=1S/C19H22FNO3S/c1-21(12-13-5-10-17(25-4)16(11-13)23-2)18(19(22)24-3)14-6-8-15(20)9-7-14/h5-11,18H,12H2,1-4H3/t18-/m0/s1. The molecule has 0 saturated carbocycles. The van der Waals surface area contributed by atoms with E-state index in [1.807, 2.05) is 36.4 Å². The molecule has 0 aliphatic rings. The number of methoxy groups -OCH3 is 2. The van der Waals surface area contributed by atoms with E-state index in [1.54, 1.807) is 31.0 Å². The van der Waals surface area contributed by atoms with Gasteiger partial charge in [0.1, 0.15) is 17.6 Å². The van der Waals surface area contributed by atoms with Gasteiger partial charge in [0, 0.05) is 11.4 Å². The number of likely N-dealkylation sites (N-methyl/N-ethyl adjacent to an activating group) is 1. The van der Waals surface area contributed by atoms with Gasteiger partial charge in [0.2, 0.25) is 0 Å². The molecular weight excluding hydrogens is 341 g/mol. The van der Waals surface area contributed by atoms with Gasteiger partial charge in [0.15, 0.2) is 0 Å². The van der Waals surface area contributed by atoms with Gasteiger partial charge in [-0.2, -0.15) is 0 Å². The minimum atomic E-state index is -0.614. The number of hydrogen-bond acceptors (Lipinski definition) is 5. The molecule has 0 amide bonds. The lowest BCUT2D eigenvalue weighted by molar-refractivity contribution is -0.147. The van der Waals surface area contributed by atoms with E-state index in [-0.39, 0.29) is 11.8 Å². The van der Waals surface area contributed by atoms with Gasteiger partial charge in [-0.05, 0) is 48.7 Å². The monoisotopic (exact) mass is 363 g/mol. The van der Waals surface area contributed by atoms with E-state index in [4.69, 9.17) is 9.47 Å². The molecule has 25 heavy (non-hydrogen) atoms. The first-order valence-electron chi connectivity index (χ1n) is 7.74. The molecule has 0 aromatic heterocycles. The number of nitrogens with zero attached hydrogens (tertiary/aromatic N) is 1. The number of ether oxygens (including phenoxy) is 2. The van der Waals surface area contributed by atoms with Crippen LogP contribution in [0.25, 0.3) is 0 Å². The highest BCUT2D eigenvalue weighted by Crippen LogP contribution is 2.30. The van der Waals surface area contributed by atoms with Crippen molar-refractivity contribution in [2.45, 2.75) is 17.5 Å². The number of rotatable bonds is 7. The van der Waals surface area contributed by atoms with Crippen molar-refractivity contribution in [2.75, 3.05) is 27.5 Å². The Balaban J connectivity index is 2.26. The zero-order valence-corrected chi connectivity index (χ0v) is 15.6. The van der Waals surface area contributed by atoms with Crippen molar-refractivity contribution in [1.29, 1.82) is 0 Å². The highest BCUT2D eigenvalue weighted by molar-refractivity contribution is 7.98. The molecule has 134 valence electrons. The van der Waals surface area contributed by atoms with E-state index in [0.29, 0.717) is 12.1 Å². The number of benzene rings is 2. The molecular formula is C19H22FNO3S. The first kappa shape index (κ1) is 19.3. The summed E-state index contributed by atoms with van der Waals surface area (Å²) >= 11 is 1.61. The van der Waals surface area contributed by atoms with Crippen LogP contribution in [-0.2, 0) is 16.1 Å². The lowest BCUT2D eigenvalue weighted by Gasteiger charge is -2.26. The summed E-state index contributed by atoms with van der Waals surface area (Å²) < 4.78 is 23.5. The third-order valence-corrected chi connectivity index (χ3v) is 4.71. The van der Waals surface area contributed by atoms with Crippen LogP contribution in [0.1, 0.15) is 17.2 Å². The third-order valence-electron chi connectivity index (χ3n) is 3.93. The quantitative estimate of drug-likeness (QED) is 0.551. The fourth-order valence-corrected chi connectivity index (χ4v) is 3.23. The lowest BCUT2D eigenvalue weighted by Crippen LogP contribution is -2.31. The van der Waals surface area contributed by atoms with Gasteiger partial charge in [-0.3, -0.25) is 4.90 Å². The third kappa shape index (κ3) is 4.74. The average molecular weight is 363 g/mol. The number of thioether (sulfide) groups is 1. The first-order chi connectivity index (χ1) is 12.0. The molecule has 0 bridgehead atoms. The topological polar surface area (TPSA) is 38.8 Å². The van der Waals surface area contributed by atoms with Crippen molar-refractivity contribution in [2.24, 2.45) is 0 Å². The van der Waals surface area contributed by atoms with Crippen LogP contribution in [0.15, 0.2) is 47.4 Å².